The van der Waals surface area contributed by atoms with Crippen LogP contribution in [0.3, 0.4) is 0 Å². The van der Waals surface area contributed by atoms with E-state index in [1.807, 2.05) is 34.7 Å². The summed E-state index contributed by atoms with van der Waals surface area (Å²) in [6, 6.07) is 14.8. The van der Waals surface area contributed by atoms with Gasteiger partial charge in [-0.2, -0.15) is 0 Å². The second-order valence-electron chi connectivity index (χ2n) is 7.49. The Labute approximate surface area is 184 Å². The van der Waals surface area contributed by atoms with Gasteiger partial charge in [-0.3, -0.25) is 18.6 Å². The Morgan fingerprint density at radius 1 is 1.10 bits per heavy atom. The van der Waals surface area contributed by atoms with Crippen LogP contribution < -0.4 is 10.9 Å². The third-order valence-corrected chi connectivity index (χ3v) is 5.51. The molecule has 0 unspecified atom stereocenters. The van der Waals surface area contributed by atoms with E-state index >= 15 is 0 Å². The van der Waals surface area contributed by atoms with Crippen molar-refractivity contribution in [3.8, 4) is 0 Å². The molecule has 2 aromatic heterocycles. The molecule has 0 aliphatic heterocycles. The Bertz CT molecular complexity index is 1280. The number of aromatic nitrogens is 4. The Morgan fingerprint density at radius 3 is 2.65 bits per heavy atom. The molecule has 8 heteroatoms. The minimum absolute atomic E-state index is 0.0102. The van der Waals surface area contributed by atoms with E-state index in [0.29, 0.717) is 47.9 Å². The first-order chi connectivity index (χ1) is 15.1. The first-order valence-corrected chi connectivity index (χ1v) is 10.8. The number of amides is 1. The second kappa shape index (κ2) is 9.31. The molecule has 0 aliphatic carbocycles. The summed E-state index contributed by atoms with van der Waals surface area (Å²) < 4.78 is 3.50. The van der Waals surface area contributed by atoms with Crippen LogP contribution in [0.4, 0.5) is 0 Å². The van der Waals surface area contributed by atoms with Crippen molar-refractivity contribution in [2.75, 3.05) is 6.54 Å². The van der Waals surface area contributed by atoms with Crippen LogP contribution in [-0.4, -0.2) is 31.6 Å². The fourth-order valence-electron chi connectivity index (χ4n) is 3.61. The van der Waals surface area contributed by atoms with E-state index in [-0.39, 0.29) is 11.5 Å². The van der Waals surface area contributed by atoms with Crippen molar-refractivity contribution in [1.29, 1.82) is 0 Å². The zero-order chi connectivity index (χ0) is 21.8. The quantitative estimate of drug-likeness (QED) is 0.427. The molecule has 0 bridgehead atoms. The maximum atomic E-state index is 13.2. The van der Waals surface area contributed by atoms with Crippen molar-refractivity contribution < 1.29 is 4.79 Å². The summed E-state index contributed by atoms with van der Waals surface area (Å²) >= 11 is 6.00. The molecule has 160 valence electrons. The molecule has 0 aliphatic rings. The van der Waals surface area contributed by atoms with Gasteiger partial charge in [0.1, 0.15) is 5.82 Å². The number of hydrogen-bond donors (Lipinski definition) is 1. The Morgan fingerprint density at radius 2 is 1.87 bits per heavy atom. The minimum Gasteiger partial charge on any atom is -0.356 e. The lowest BCUT2D eigenvalue weighted by Gasteiger charge is -2.12. The van der Waals surface area contributed by atoms with Crippen LogP contribution in [0, 0.1) is 0 Å². The van der Waals surface area contributed by atoms with E-state index < -0.39 is 0 Å². The SMILES string of the molecule is CCCCNC(=O)CCc1nnc2n(Cc3ccc(Cl)cc3)c(=O)c3ccccc3n12. The molecule has 7 nitrogen and oxygen atoms in total. The molecule has 0 fully saturated rings. The summed E-state index contributed by atoms with van der Waals surface area (Å²) in [6.45, 7) is 3.11. The summed E-state index contributed by atoms with van der Waals surface area (Å²) in [5, 5.41) is 12.8. The number of aryl methyl sites for hydroxylation is 1. The lowest BCUT2D eigenvalue weighted by Crippen LogP contribution is -2.25. The number of nitrogens with zero attached hydrogens (tertiary/aromatic N) is 4. The topological polar surface area (TPSA) is 81.3 Å². The largest absolute Gasteiger partial charge is 0.356 e. The third-order valence-electron chi connectivity index (χ3n) is 5.26. The van der Waals surface area contributed by atoms with Crippen molar-refractivity contribution in [1.82, 2.24) is 24.5 Å². The highest BCUT2D eigenvalue weighted by molar-refractivity contribution is 6.30. The van der Waals surface area contributed by atoms with Crippen LogP contribution in [-0.2, 0) is 17.8 Å². The van der Waals surface area contributed by atoms with Gasteiger partial charge in [-0.1, -0.05) is 49.2 Å². The lowest BCUT2D eigenvalue weighted by atomic mass is 10.2. The van der Waals surface area contributed by atoms with Gasteiger partial charge >= 0.3 is 0 Å². The van der Waals surface area contributed by atoms with Crippen molar-refractivity contribution in [2.45, 2.75) is 39.2 Å². The van der Waals surface area contributed by atoms with Crippen LogP contribution in [0.15, 0.2) is 53.3 Å². The summed E-state index contributed by atoms with van der Waals surface area (Å²) in [5.74, 6) is 1.10. The molecule has 0 saturated heterocycles. The van der Waals surface area contributed by atoms with E-state index in [0.717, 1.165) is 23.9 Å². The normalized spacial score (nSPS) is 11.3. The maximum absolute atomic E-state index is 13.2. The number of halogens is 1. The zero-order valence-corrected chi connectivity index (χ0v) is 18.1. The van der Waals surface area contributed by atoms with Crippen LogP contribution in [0.1, 0.15) is 37.6 Å². The monoisotopic (exact) mass is 437 g/mol. The van der Waals surface area contributed by atoms with Crippen LogP contribution >= 0.6 is 11.6 Å². The van der Waals surface area contributed by atoms with Crippen molar-refractivity contribution >= 4 is 34.2 Å². The number of benzene rings is 2. The maximum Gasteiger partial charge on any atom is 0.263 e. The van der Waals surface area contributed by atoms with Gasteiger partial charge < -0.3 is 5.32 Å². The Hall–Kier alpha value is -3.19. The molecule has 0 spiro atoms. The molecule has 2 aromatic carbocycles. The number of para-hydroxylation sites is 1. The van der Waals surface area contributed by atoms with Gasteiger partial charge in [-0.25, -0.2) is 0 Å². The first-order valence-electron chi connectivity index (χ1n) is 10.4. The zero-order valence-electron chi connectivity index (χ0n) is 17.3. The molecule has 4 aromatic rings. The second-order valence-corrected chi connectivity index (χ2v) is 7.93. The smallest absolute Gasteiger partial charge is 0.263 e. The average molecular weight is 438 g/mol. The summed E-state index contributed by atoms with van der Waals surface area (Å²) in [4.78, 5) is 25.4. The summed E-state index contributed by atoms with van der Waals surface area (Å²) in [5.41, 5.74) is 1.54. The molecule has 0 saturated carbocycles. The number of carbonyl (C=O) groups excluding carboxylic acids is 1. The highest BCUT2D eigenvalue weighted by Gasteiger charge is 2.17. The predicted molar refractivity (Wildman–Crippen MR) is 122 cm³/mol. The molecule has 1 amide bonds. The fourth-order valence-corrected chi connectivity index (χ4v) is 3.74. The van der Waals surface area contributed by atoms with E-state index in [1.165, 1.54) is 0 Å². The standard InChI is InChI=1S/C23H24ClN5O2/c1-2-3-14-25-21(30)13-12-20-26-27-23-28(15-16-8-10-17(24)11-9-16)22(31)18-6-4-5-7-19(18)29(20)23/h4-11H,2-3,12-15H2,1H3,(H,25,30). The van der Waals surface area contributed by atoms with E-state index in [4.69, 9.17) is 11.6 Å². The average Bonchev–Trinajstić information content (AvgIpc) is 3.21. The van der Waals surface area contributed by atoms with Crippen LogP contribution in [0.25, 0.3) is 16.7 Å². The van der Waals surface area contributed by atoms with Gasteiger partial charge in [0.25, 0.3) is 5.56 Å². The van der Waals surface area contributed by atoms with Gasteiger partial charge in [0.05, 0.1) is 17.4 Å². The number of fused-ring (bicyclic) bond motifs is 3. The van der Waals surface area contributed by atoms with Gasteiger partial charge in [0.15, 0.2) is 0 Å². The van der Waals surface area contributed by atoms with Crippen molar-refractivity contribution in [3.63, 3.8) is 0 Å². The predicted octanol–water partition coefficient (Wildman–Crippen LogP) is 3.59. The van der Waals surface area contributed by atoms with Crippen molar-refractivity contribution in [3.05, 3.63) is 75.3 Å². The molecule has 2 heterocycles. The number of rotatable bonds is 8. The molecule has 0 atom stereocenters. The number of hydrogen-bond acceptors (Lipinski definition) is 4. The molecule has 1 N–H and O–H groups in total. The van der Waals surface area contributed by atoms with Gasteiger partial charge in [-0.05, 0) is 36.2 Å². The molecule has 0 radical (unpaired) electrons. The minimum atomic E-state index is -0.130. The van der Waals surface area contributed by atoms with Gasteiger partial charge in [-0.15, -0.1) is 10.2 Å². The number of carbonyl (C=O) groups is 1. The first kappa shape index (κ1) is 21.1. The Kier molecular flexibility index (Phi) is 6.32. The molecule has 4 rings (SSSR count). The van der Waals surface area contributed by atoms with Crippen LogP contribution in [0.2, 0.25) is 5.02 Å². The highest BCUT2D eigenvalue weighted by atomic mass is 35.5. The van der Waals surface area contributed by atoms with E-state index in [2.05, 4.69) is 22.4 Å². The van der Waals surface area contributed by atoms with Gasteiger partial charge in [0, 0.05) is 24.4 Å². The molecular weight excluding hydrogens is 414 g/mol. The lowest BCUT2D eigenvalue weighted by molar-refractivity contribution is -0.121. The van der Waals surface area contributed by atoms with Crippen LogP contribution in [0.5, 0.6) is 0 Å². The Balaban J connectivity index is 1.73. The third kappa shape index (κ3) is 4.46. The summed E-state index contributed by atoms with van der Waals surface area (Å²) in [6.07, 6.45) is 2.74. The number of nitrogens with one attached hydrogen (secondary N) is 1. The van der Waals surface area contributed by atoms with E-state index in [9.17, 15) is 9.59 Å². The number of unbranched alkanes of at least 4 members (excludes halogenated alkanes) is 1. The fraction of sp³-hybridized carbons (Fsp3) is 0.304. The molecular formula is C23H24ClN5O2. The van der Waals surface area contributed by atoms with Crippen molar-refractivity contribution in [2.24, 2.45) is 0 Å². The van der Waals surface area contributed by atoms with Gasteiger partial charge in [0.2, 0.25) is 11.7 Å². The summed E-state index contributed by atoms with van der Waals surface area (Å²) in [7, 11) is 0. The molecule has 31 heavy (non-hydrogen) atoms. The highest BCUT2D eigenvalue weighted by Crippen LogP contribution is 2.17. The van der Waals surface area contributed by atoms with E-state index in [1.54, 1.807) is 22.8 Å².